The van der Waals surface area contributed by atoms with E-state index in [4.69, 9.17) is 4.74 Å². The first-order valence-electron chi connectivity index (χ1n) is 5.39. The van der Waals surface area contributed by atoms with Gasteiger partial charge >= 0.3 is 5.97 Å². The highest BCUT2D eigenvalue weighted by molar-refractivity contribution is 7.09. The van der Waals surface area contributed by atoms with Crippen molar-refractivity contribution in [1.29, 1.82) is 0 Å². The third kappa shape index (κ3) is 5.68. The van der Waals surface area contributed by atoms with Crippen LogP contribution in [0.4, 0.5) is 0 Å². The molecule has 0 bridgehead atoms. The third-order valence-corrected chi connectivity index (χ3v) is 2.87. The summed E-state index contributed by atoms with van der Waals surface area (Å²) < 4.78 is 4.76. The molecule has 1 heterocycles. The van der Waals surface area contributed by atoms with E-state index in [0.717, 1.165) is 13.0 Å². The monoisotopic (exact) mass is 239 g/mol. The van der Waals surface area contributed by atoms with Crippen LogP contribution in [0.3, 0.4) is 0 Å². The number of carbonyl (C=O) groups is 1. The number of hydrogen-bond donors (Lipinski definition) is 1. The topological polar surface area (TPSA) is 38.3 Å². The fourth-order valence-electron chi connectivity index (χ4n) is 1.20. The zero-order valence-corrected chi connectivity index (χ0v) is 10.3. The van der Waals surface area contributed by atoms with Crippen molar-refractivity contribution in [3.63, 3.8) is 0 Å². The number of nitrogens with one attached hydrogen (secondary N) is 1. The molecule has 0 fully saturated rings. The molecule has 0 aliphatic heterocycles. The second kappa shape index (κ2) is 8.07. The summed E-state index contributed by atoms with van der Waals surface area (Å²) in [7, 11) is 0. The first-order chi connectivity index (χ1) is 7.83. The van der Waals surface area contributed by atoms with E-state index in [1.165, 1.54) is 11.0 Å². The van der Waals surface area contributed by atoms with Gasteiger partial charge in [-0.05, 0) is 24.8 Å². The Bertz CT molecular complexity index is 320. The van der Waals surface area contributed by atoms with Gasteiger partial charge in [-0.15, -0.1) is 11.3 Å². The lowest BCUT2D eigenvalue weighted by atomic mass is 10.3. The summed E-state index contributed by atoms with van der Waals surface area (Å²) in [5, 5.41) is 5.31. The average molecular weight is 239 g/mol. The number of carbonyl (C=O) groups excluding carboxylic acids is 1. The molecule has 0 amide bonds. The molecule has 0 saturated heterocycles. The molecule has 0 aliphatic carbocycles. The Morgan fingerprint density at radius 3 is 3.19 bits per heavy atom. The van der Waals surface area contributed by atoms with Gasteiger partial charge in [0.15, 0.2) is 0 Å². The van der Waals surface area contributed by atoms with Crippen LogP contribution in [0.15, 0.2) is 29.7 Å². The Balaban J connectivity index is 2.01. The summed E-state index contributed by atoms with van der Waals surface area (Å²) in [4.78, 5) is 12.3. The van der Waals surface area contributed by atoms with Gasteiger partial charge in [-0.3, -0.25) is 0 Å². The molecule has 16 heavy (non-hydrogen) atoms. The lowest BCUT2D eigenvalue weighted by Gasteiger charge is -1.99. The maximum Gasteiger partial charge on any atom is 0.330 e. The molecular weight excluding hydrogens is 222 g/mol. The van der Waals surface area contributed by atoms with Crippen molar-refractivity contribution in [2.75, 3.05) is 19.7 Å². The smallest absolute Gasteiger partial charge is 0.330 e. The second-order valence-corrected chi connectivity index (χ2v) is 4.22. The van der Waals surface area contributed by atoms with Gasteiger partial charge in [0.1, 0.15) is 0 Å². The highest BCUT2D eigenvalue weighted by atomic mass is 32.1. The number of thiophene rings is 1. The Morgan fingerprint density at radius 1 is 1.62 bits per heavy atom. The largest absolute Gasteiger partial charge is 0.463 e. The maximum absolute atomic E-state index is 10.9. The molecule has 0 radical (unpaired) electrons. The molecule has 1 aromatic heterocycles. The van der Waals surface area contributed by atoms with Crippen LogP contribution in [0.1, 0.15) is 11.8 Å². The van der Waals surface area contributed by atoms with Crippen molar-refractivity contribution < 1.29 is 9.53 Å². The Hall–Kier alpha value is -1.13. The van der Waals surface area contributed by atoms with Crippen molar-refractivity contribution in [2.45, 2.75) is 13.3 Å². The molecule has 1 aromatic rings. The molecule has 0 spiro atoms. The van der Waals surface area contributed by atoms with E-state index in [0.29, 0.717) is 13.2 Å². The molecule has 0 atom stereocenters. The van der Waals surface area contributed by atoms with Crippen molar-refractivity contribution in [2.24, 2.45) is 0 Å². The Kier molecular flexibility index (Phi) is 6.53. The average Bonchev–Trinajstić information content (AvgIpc) is 2.76. The number of ether oxygens (including phenoxy) is 1. The predicted octanol–water partition coefficient (Wildman–Crippen LogP) is 2.00. The highest BCUT2D eigenvalue weighted by Crippen LogP contribution is 2.07. The van der Waals surface area contributed by atoms with Gasteiger partial charge in [-0.2, -0.15) is 0 Å². The Labute approximate surface area is 100 Å². The normalized spacial score (nSPS) is 10.8. The summed E-state index contributed by atoms with van der Waals surface area (Å²) in [6.45, 7) is 3.85. The van der Waals surface area contributed by atoms with E-state index < -0.39 is 0 Å². The molecule has 88 valence electrons. The maximum atomic E-state index is 10.9. The van der Waals surface area contributed by atoms with E-state index in [1.54, 1.807) is 24.3 Å². The molecule has 1 N–H and O–H groups in total. The molecule has 0 unspecified atom stereocenters. The first-order valence-corrected chi connectivity index (χ1v) is 6.27. The minimum Gasteiger partial charge on any atom is -0.463 e. The summed E-state index contributed by atoms with van der Waals surface area (Å²) >= 11 is 1.77. The van der Waals surface area contributed by atoms with Crippen molar-refractivity contribution in [3.05, 3.63) is 34.5 Å². The zero-order valence-electron chi connectivity index (χ0n) is 9.44. The summed E-state index contributed by atoms with van der Waals surface area (Å²) in [5.41, 5.74) is 0. The zero-order chi connectivity index (χ0) is 11.6. The van der Waals surface area contributed by atoms with Gasteiger partial charge in [0.2, 0.25) is 0 Å². The SMILES string of the molecule is CCOC(=O)/C=C/CNCCc1cccs1. The van der Waals surface area contributed by atoms with Crippen LogP contribution in [0, 0.1) is 0 Å². The third-order valence-electron chi connectivity index (χ3n) is 1.93. The van der Waals surface area contributed by atoms with Gasteiger partial charge in [0, 0.05) is 24.0 Å². The summed E-state index contributed by atoms with van der Waals surface area (Å²) in [6, 6.07) is 4.18. The predicted molar refractivity (Wildman–Crippen MR) is 66.7 cm³/mol. The van der Waals surface area contributed by atoms with Crippen molar-refractivity contribution >= 4 is 17.3 Å². The highest BCUT2D eigenvalue weighted by Gasteiger charge is 1.93. The van der Waals surface area contributed by atoms with Crippen LogP contribution in [0.2, 0.25) is 0 Å². The fraction of sp³-hybridized carbons (Fsp3) is 0.417. The minimum absolute atomic E-state index is 0.275. The molecule has 4 heteroatoms. The minimum atomic E-state index is -0.275. The summed E-state index contributed by atoms with van der Waals surface area (Å²) in [6.07, 6.45) is 4.28. The standard InChI is InChI=1S/C12H17NO2S/c1-2-15-12(14)6-3-8-13-9-7-11-5-4-10-16-11/h3-6,10,13H,2,7-9H2,1H3/b6-3+. The van der Waals surface area contributed by atoms with E-state index in [-0.39, 0.29) is 5.97 Å². The fourth-order valence-corrected chi connectivity index (χ4v) is 1.91. The van der Waals surface area contributed by atoms with Gasteiger partial charge in [0.25, 0.3) is 0 Å². The van der Waals surface area contributed by atoms with Gasteiger partial charge in [-0.1, -0.05) is 12.1 Å². The van der Waals surface area contributed by atoms with Crippen LogP contribution < -0.4 is 5.32 Å². The lowest BCUT2D eigenvalue weighted by Crippen LogP contribution is -2.16. The van der Waals surface area contributed by atoms with Crippen LogP contribution in [0.25, 0.3) is 0 Å². The second-order valence-electron chi connectivity index (χ2n) is 3.19. The summed E-state index contributed by atoms with van der Waals surface area (Å²) in [5.74, 6) is -0.275. The Morgan fingerprint density at radius 2 is 2.50 bits per heavy atom. The number of esters is 1. The van der Waals surface area contributed by atoms with Gasteiger partial charge in [-0.25, -0.2) is 4.79 Å². The van der Waals surface area contributed by atoms with Crippen LogP contribution in [-0.2, 0) is 16.0 Å². The molecule has 1 rings (SSSR count). The van der Waals surface area contributed by atoms with E-state index in [9.17, 15) is 4.79 Å². The van der Waals surface area contributed by atoms with Gasteiger partial charge in [0.05, 0.1) is 6.61 Å². The van der Waals surface area contributed by atoms with Gasteiger partial charge < -0.3 is 10.1 Å². The lowest BCUT2D eigenvalue weighted by molar-refractivity contribution is -0.137. The van der Waals surface area contributed by atoms with Crippen LogP contribution in [-0.4, -0.2) is 25.7 Å². The van der Waals surface area contributed by atoms with E-state index in [2.05, 4.69) is 22.8 Å². The van der Waals surface area contributed by atoms with Crippen LogP contribution >= 0.6 is 11.3 Å². The van der Waals surface area contributed by atoms with Crippen LogP contribution in [0.5, 0.6) is 0 Å². The van der Waals surface area contributed by atoms with Crippen molar-refractivity contribution in [1.82, 2.24) is 5.32 Å². The molecule has 0 aromatic carbocycles. The quantitative estimate of drug-likeness (QED) is 0.449. The number of rotatable bonds is 7. The molecule has 0 saturated carbocycles. The van der Waals surface area contributed by atoms with Crippen molar-refractivity contribution in [3.8, 4) is 0 Å². The molecule has 3 nitrogen and oxygen atoms in total. The molecule has 0 aliphatic rings. The number of hydrogen-bond acceptors (Lipinski definition) is 4. The van der Waals surface area contributed by atoms with E-state index >= 15 is 0 Å². The first kappa shape index (κ1) is 12.9. The molecular formula is C12H17NO2S. The van der Waals surface area contributed by atoms with E-state index in [1.807, 2.05) is 0 Å².